The maximum absolute atomic E-state index is 14.5. The Hall–Kier alpha value is -4.05. The second kappa shape index (κ2) is 16.0. The first-order chi connectivity index (χ1) is 22.0. The minimum Gasteiger partial charge on any atom is -0.495 e. The van der Waals surface area contributed by atoms with Gasteiger partial charge < -0.3 is 15.0 Å². The van der Waals surface area contributed by atoms with Crippen LogP contribution >= 0.6 is 23.2 Å². The molecule has 1 N–H and O–H groups in total. The summed E-state index contributed by atoms with van der Waals surface area (Å²) in [5.41, 5.74) is 1.68. The molecule has 0 aliphatic carbocycles. The van der Waals surface area contributed by atoms with Gasteiger partial charge in [-0.2, -0.15) is 0 Å². The van der Waals surface area contributed by atoms with Crippen LogP contribution in [0.15, 0.2) is 108 Å². The largest absolute Gasteiger partial charge is 0.495 e. The zero-order chi connectivity index (χ0) is 33.3. The van der Waals surface area contributed by atoms with Crippen molar-refractivity contribution in [3.05, 3.63) is 124 Å². The number of hydrogen-bond donors (Lipinski definition) is 1. The summed E-state index contributed by atoms with van der Waals surface area (Å²) in [5, 5.41) is 3.66. The number of amides is 2. The fraction of sp³-hybridized carbons (Fsp3) is 0.257. The minimum atomic E-state index is -4.26. The molecule has 0 aliphatic rings. The van der Waals surface area contributed by atoms with E-state index in [4.69, 9.17) is 27.9 Å². The van der Waals surface area contributed by atoms with Gasteiger partial charge in [0.15, 0.2) is 0 Å². The summed E-state index contributed by atoms with van der Waals surface area (Å²) in [6.45, 7) is 3.25. The van der Waals surface area contributed by atoms with Gasteiger partial charge in [-0.05, 0) is 66.9 Å². The summed E-state index contributed by atoms with van der Waals surface area (Å²) in [7, 11) is -2.81. The van der Waals surface area contributed by atoms with Crippen molar-refractivity contribution in [1.82, 2.24) is 10.2 Å². The summed E-state index contributed by atoms with van der Waals surface area (Å²) in [6.07, 6.45) is 0.891. The first-order valence-electron chi connectivity index (χ1n) is 14.8. The Bertz CT molecular complexity index is 1740. The van der Waals surface area contributed by atoms with Crippen LogP contribution in [-0.4, -0.2) is 50.9 Å². The third-order valence-corrected chi connectivity index (χ3v) is 9.87. The topological polar surface area (TPSA) is 96.0 Å². The zero-order valence-corrected chi connectivity index (χ0v) is 28.2. The predicted octanol–water partition coefficient (Wildman–Crippen LogP) is 6.75. The summed E-state index contributed by atoms with van der Waals surface area (Å²) in [6, 6.07) is 27.6. The number of carbonyl (C=O) groups excluding carboxylic acids is 2. The van der Waals surface area contributed by atoms with Gasteiger partial charge in [-0.15, -0.1) is 0 Å². The molecule has 46 heavy (non-hydrogen) atoms. The lowest BCUT2D eigenvalue weighted by molar-refractivity contribution is -0.140. The molecule has 0 aromatic heterocycles. The SMILES string of the molecule is CC[C@H](C)NC(=O)[C@H](Cc1ccccc1)N(Cc1cccc(Cl)c1)C(=O)CN(c1ccc(OC)c(Cl)c1)S(=O)(=O)c1ccccc1. The average molecular weight is 683 g/mol. The molecule has 0 spiro atoms. The fourth-order valence-corrected chi connectivity index (χ4v) is 6.78. The molecule has 0 saturated heterocycles. The fourth-order valence-electron chi connectivity index (χ4n) is 4.89. The molecule has 0 saturated carbocycles. The van der Waals surface area contributed by atoms with Gasteiger partial charge in [0, 0.05) is 24.0 Å². The van der Waals surface area contributed by atoms with E-state index in [1.54, 1.807) is 42.5 Å². The van der Waals surface area contributed by atoms with E-state index < -0.39 is 28.5 Å². The number of carbonyl (C=O) groups is 2. The predicted molar refractivity (Wildman–Crippen MR) is 183 cm³/mol. The molecule has 0 radical (unpaired) electrons. The Kier molecular flexibility index (Phi) is 12.1. The molecule has 242 valence electrons. The molecule has 2 amide bonds. The first kappa shape index (κ1) is 34.8. The van der Waals surface area contributed by atoms with E-state index in [0.29, 0.717) is 22.8 Å². The lowest BCUT2D eigenvalue weighted by Gasteiger charge is -2.34. The lowest BCUT2D eigenvalue weighted by Crippen LogP contribution is -2.54. The number of hydrogen-bond acceptors (Lipinski definition) is 5. The number of nitrogens with zero attached hydrogens (tertiary/aromatic N) is 2. The van der Waals surface area contributed by atoms with Gasteiger partial charge in [-0.3, -0.25) is 13.9 Å². The molecule has 2 atom stereocenters. The van der Waals surface area contributed by atoms with Gasteiger partial charge in [0.2, 0.25) is 11.8 Å². The molecule has 0 aliphatic heterocycles. The van der Waals surface area contributed by atoms with E-state index in [1.807, 2.05) is 44.2 Å². The van der Waals surface area contributed by atoms with Gasteiger partial charge in [0.05, 0.1) is 22.7 Å². The van der Waals surface area contributed by atoms with Crippen LogP contribution < -0.4 is 14.4 Å². The maximum atomic E-state index is 14.5. The molecule has 0 bridgehead atoms. The number of methoxy groups -OCH3 is 1. The van der Waals surface area contributed by atoms with Crippen LogP contribution in [0.3, 0.4) is 0 Å². The van der Waals surface area contributed by atoms with E-state index in [9.17, 15) is 18.0 Å². The molecule has 0 heterocycles. The van der Waals surface area contributed by atoms with Crippen LogP contribution in [0.2, 0.25) is 10.0 Å². The quantitative estimate of drug-likeness (QED) is 0.159. The van der Waals surface area contributed by atoms with Gasteiger partial charge in [0.25, 0.3) is 10.0 Å². The van der Waals surface area contributed by atoms with Crippen molar-refractivity contribution >= 4 is 50.7 Å². The molecule has 4 aromatic carbocycles. The van der Waals surface area contributed by atoms with E-state index in [1.165, 1.54) is 42.3 Å². The summed E-state index contributed by atoms with van der Waals surface area (Å²) in [5.74, 6) is -0.591. The maximum Gasteiger partial charge on any atom is 0.264 e. The van der Waals surface area contributed by atoms with E-state index in [0.717, 1.165) is 9.87 Å². The van der Waals surface area contributed by atoms with Crippen molar-refractivity contribution in [2.24, 2.45) is 0 Å². The lowest BCUT2D eigenvalue weighted by atomic mass is 10.0. The second-order valence-corrected chi connectivity index (χ2v) is 13.5. The van der Waals surface area contributed by atoms with Crippen LogP contribution in [0.1, 0.15) is 31.4 Å². The Morgan fingerprint density at radius 2 is 1.52 bits per heavy atom. The van der Waals surface area contributed by atoms with Crippen molar-refractivity contribution < 1.29 is 22.7 Å². The van der Waals surface area contributed by atoms with Gasteiger partial charge in [-0.1, -0.05) is 90.8 Å². The highest BCUT2D eigenvalue weighted by Gasteiger charge is 2.35. The number of anilines is 1. The zero-order valence-electron chi connectivity index (χ0n) is 25.9. The summed E-state index contributed by atoms with van der Waals surface area (Å²) in [4.78, 5) is 29.9. The van der Waals surface area contributed by atoms with Crippen molar-refractivity contribution in [3.63, 3.8) is 0 Å². The third kappa shape index (κ3) is 8.81. The van der Waals surface area contributed by atoms with Gasteiger partial charge >= 0.3 is 0 Å². The Balaban J connectivity index is 1.83. The average Bonchev–Trinajstić information content (AvgIpc) is 3.05. The number of benzene rings is 4. The molecule has 4 rings (SSSR count). The van der Waals surface area contributed by atoms with E-state index >= 15 is 0 Å². The molecule has 4 aromatic rings. The smallest absolute Gasteiger partial charge is 0.264 e. The first-order valence-corrected chi connectivity index (χ1v) is 17.0. The molecular weight excluding hydrogens is 645 g/mol. The molecular formula is C35H37Cl2N3O5S. The van der Waals surface area contributed by atoms with Crippen LogP contribution in [0.25, 0.3) is 0 Å². The molecule has 0 unspecified atom stereocenters. The number of rotatable bonds is 14. The third-order valence-electron chi connectivity index (χ3n) is 7.55. The Morgan fingerprint density at radius 1 is 0.870 bits per heavy atom. The molecule has 11 heteroatoms. The van der Waals surface area contributed by atoms with Crippen molar-refractivity contribution in [2.45, 2.75) is 50.2 Å². The van der Waals surface area contributed by atoms with Crippen molar-refractivity contribution in [1.29, 1.82) is 0 Å². The molecule has 0 fully saturated rings. The van der Waals surface area contributed by atoms with Gasteiger partial charge in [-0.25, -0.2) is 8.42 Å². The monoisotopic (exact) mass is 681 g/mol. The minimum absolute atomic E-state index is 0.00735. The number of ether oxygens (including phenoxy) is 1. The number of halogens is 2. The van der Waals surface area contributed by atoms with Crippen LogP contribution in [0, 0.1) is 0 Å². The van der Waals surface area contributed by atoms with E-state index in [2.05, 4.69) is 5.32 Å². The summed E-state index contributed by atoms with van der Waals surface area (Å²) >= 11 is 12.7. The number of nitrogens with one attached hydrogen (secondary N) is 1. The second-order valence-electron chi connectivity index (χ2n) is 10.8. The van der Waals surface area contributed by atoms with Gasteiger partial charge in [0.1, 0.15) is 18.3 Å². The molecule has 8 nitrogen and oxygen atoms in total. The van der Waals surface area contributed by atoms with E-state index in [-0.39, 0.29) is 40.5 Å². The van der Waals surface area contributed by atoms with Crippen molar-refractivity contribution in [2.75, 3.05) is 18.0 Å². The Labute approximate surface area is 280 Å². The normalized spacial score (nSPS) is 12.5. The van der Waals surface area contributed by atoms with Crippen LogP contribution in [0.4, 0.5) is 5.69 Å². The summed E-state index contributed by atoms with van der Waals surface area (Å²) < 4.78 is 34.5. The number of sulfonamides is 1. The highest BCUT2D eigenvalue weighted by molar-refractivity contribution is 7.92. The highest BCUT2D eigenvalue weighted by Crippen LogP contribution is 2.32. The Morgan fingerprint density at radius 3 is 2.13 bits per heavy atom. The van der Waals surface area contributed by atoms with Crippen LogP contribution in [-0.2, 0) is 32.6 Å². The highest BCUT2D eigenvalue weighted by atomic mass is 35.5. The van der Waals surface area contributed by atoms with Crippen LogP contribution in [0.5, 0.6) is 5.75 Å². The van der Waals surface area contributed by atoms with Crippen molar-refractivity contribution in [3.8, 4) is 5.75 Å². The standard InChI is InChI=1S/C35H37Cl2N3O5S/c1-4-25(2)38-35(42)32(21-26-12-7-5-8-13-26)39(23-27-14-11-15-28(36)20-27)34(41)24-40(29-18-19-33(45-3)31(37)22-29)46(43,44)30-16-9-6-10-17-30/h5-20,22,25,32H,4,21,23-24H2,1-3H3,(H,38,42)/t25-,32-/m0/s1.